The molecule has 21 heavy (non-hydrogen) atoms. The van der Waals surface area contributed by atoms with Crippen molar-refractivity contribution in [2.24, 2.45) is 5.92 Å². The monoisotopic (exact) mass is 287 g/mol. The molecule has 1 atom stereocenters. The van der Waals surface area contributed by atoms with E-state index in [0.717, 1.165) is 43.1 Å². The van der Waals surface area contributed by atoms with Crippen LogP contribution in [0, 0.1) is 19.8 Å². The first-order valence-electron chi connectivity index (χ1n) is 7.37. The number of fused-ring (bicyclic) bond motifs is 1. The van der Waals surface area contributed by atoms with E-state index < -0.39 is 0 Å². The number of aryl methyl sites for hydroxylation is 3. The van der Waals surface area contributed by atoms with Crippen LogP contribution in [0.3, 0.4) is 0 Å². The minimum absolute atomic E-state index is 0.0329. The number of carbonyl (C=O) groups is 1. The molecule has 2 aromatic heterocycles. The van der Waals surface area contributed by atoms with Crippen molar-refractivity contribution in [2.45, 2.75) is 33.2 Å². The fourth-order valence-electron chi connectivity index (χ4n) is 3.07. The highest BCUT2D eigenvalue weighted by molar-refractivity contribution is 5.92. The summed E-state index contributed by atoms with van der Waals surface area (Å²) >= 11 is 0. The molecule has 5 nitrogen and oxygen atoms in total. The van der Waals surface area contributed by atoms with Crippen LogP contribution in [-0.2, 0) is 13.0 Å². The number of nitrogens with zero attached hydrogens (tertiary/aromatic N) is 3. The molecule has 0 unspecified atom stereocenters. The molecule has 0 aliphatic carbocycles. The van der Waals surface area contributed by atoms with E-state index in [0.29, 0.717) is 11.7 Å². The first-order chi connectivity index (χ1) is 10.0. The predicted molar refractivity (Wildman–Crippen MR) is 79.2 cm³/mol. The van der Waals surface area contributed by atoms with E-state index in [1.165, 1.54) is 0 Å². The van der Waals surface area contributed by atoms with Gasteiger partial charge in [-0.1, -0.05) is 0 Å². The number of imidazole rings is 1. The van der Waals surface area contributed by atoms with E-state index in [-0.39, 0.29) is 5.91 Å². The van der Waals surface area contributed by atoms with E-state index in [1.807, 2.05) is 39.4 Å². The summed E-state index contributed by atoms with van der Waals surface area (Å²) in [6, 6.07) is 1.90. The Balaban J connectivity index is 1.65. The molecule has 0 radical (unpaired) electrons. The first-order valence-corrected chi connectivity index (χ1v) is 7.37. The largest absolute Gasteiger partial charge is 0.456 e. The van der Waals surface area contributed by atoms with E-state index in [2.05, 4.69) is 9.55 Å². The molecule has 3 heterocycles. The molecule has 1 aliphatic heterocycles. The van der Waals surface area contributed by atoms with Crippen LogP contribution in [0.25, 0.3) is 0 Å². The van der Waals surface area contributed by atoms with E-state index in [1.54, 1.807) is 4.90 Å². The number of amides is 1. The summed E-state index contributed by atoms with van der Waals surface area (Å²) in [5.74, 6) is 2.80. The molecular formula is C16H21N3O2. The molecule has 2 aromatic rings. The summed E-state index contributed by atoms with van der Waals surface area (Å²) in [6.45, 7) is 5.51. The third kappa shape index (κ3) is 2.73. The van der Waals surface area contributed by atoms with Gasteiger partial charge >= 0.3 is 0 Å². The van der Waals surface area contributed by atoms with Crippen molar-refractivity contribution in [1.29, 1.82) is 0 Å². The Labute approximate surface area is 124 Å². The second-order valence-corrected chi connectivity index (χ2v) is 5.95. The highest BCUT2D eigenvalue weighted by Gasteiger charge is 2.24. The van der Waals surface area contributed by atoms with E-state index >= 15 is 0 Å². The van der Waals surface area contributed by atoms with Gasteiger partial charge in [-0.15, -0.1) is 0 Å². The van der Waals surface area contributed by atoms with Gasteiger partial charge in [-0.2, -0.15) is 0 Å². The third-order valence-corrected chi connectivity index (χ3v) is 4.17. The van der Waals surface area contributed by atoms with Crippen molar-refractivity contribution in [3.63, 3.8) is 0 Å². The maximum absolute atomic E-state index is 12.5. The van der Waals surface area contributed by atoms with E-state index in [9.17, 15) is 4.79 Å². The van der Waals surface area contributed by atoms with Crippen molar-refractivity contribution in [2.75, 3.05) is 13.6 Å². The number of hydrogen-bond acceptors (Lipinski definition) is 3. The second-order valence-electron chi connectivity index (χ2n) is 5.95. The SMILES string of the molecule is Cc1cc(C)c(C(=O)N(C)C[C@H]2CCn3ccnc3C2)o1. The topological polar surface area (TPSA) is 51.3 Å². The lowest BCUT2D eigenvalue weighted by molar-refractivity contribution is 0.0730. The van der Waals surface area contributed by atoms with Gasteiger partial charge in [0.15, 0.2) is 5.76 Å². The van der Waals surface area contributed by atoms with Crippen molar-refractivity contribution < 1.29 is 9.21 Å². The summed E-state index contributed by atoms with van der Waals surface area (Å²) in [6.07, 6.45) is 5.88. The average Bonchev–Trinajstić information content (AvgIpc) is 3.03. The van der Waals surface area contributed by atoms with Gasteiger partial charge in [-0.05, 0) is 32.3 Å². The van der Waals surface area contributed by atoms with Gasteiger partial charge in [0.2, 0.25) is 0 Å². The predicted octanol–water partition coefficient (Wildman–Crippen LogP) is 2.43. The Kier molecular flexibility index (Phi) is 3.57. The quantitative estimate of drug-likeness (QED) is 0.871. The lowest BCUT2D eigenvalue weighted by Gasteiger charge is -2.27. The van der Waals surface area contributed by atoms with Crippen LogP contribution >= 0.6 is 0 Å². The molecule has 112 valence electrons. The Bertz CT molecular complexity index is 656. The fourth-order valence-corrected chi connectivity index (χ4v) is 3.07. The highest BCUT2D eigenvalue weighted by atomic mass is 16.4. The molecule has 5 heteroatoms. The molecular weight excluding hydrogens is 266 g/mol. The van der Waals surface area contributed by atoms with Gasteiger partial charge in [-0.25, -0.2) is 4.98 Å². The van der Waals surface area contributed by atoms with Crippen molar-refractivity contribution in [3.05, 3.63) is 41.4 Å². The lowest BCUT2D eigenvalue weighted by Crippen LogP contribution is -2.35. The zero-order chi connectivity index (χ0) is 15.0. The molecule has 3 rings (SSSR count). The van der Waals surface area contributed by atoms with Crippen LogP contribution in [0.1, 0.15) is 34.1 Å². The van der Waals surface area contributed by atoms with Crippen LogP contribution < -0.4 is 0 Å². The Hall–Kier alpha value is -2.04. The molecule has 0 bridgehead atoms. The Morgan fingerprint density at radius 2 is 2.33 bits per heavy atom. The third-order valence-electron chi connectivity index (χ3n) is 4.17. The zero-order valence-electron chi connectivity index (χ0n) is 12.8. The summed E-state index contributed by atoms with van der Waals surface area (Å²) in [7, 11) is 1.85. The average molecular weight is 287 g/mol. The first kappa shape index (κ1) is 13.9. The smallest absolute Gasteiger partial charge is 0.289 e. The Morgan fingerprint density at radius 1 is 1.52 bits per heavy atom. The summed E-state index contributed by atoms with van der Waals surface area (Å²) in [5, 5.41) is 0. The lowest BCUT2D eigenvalue weighted by atomic mass is 9.97. The molecule has 1 amide bonds. The summed E-state index contributed by atoms with van der Waals surface area (Å²) in [5.41, 5.74) is 0.906. The van der Waals surface area contributed by atoms with Crippen LogP contribution in [0.4, 0.5) is 0 Å². The standard InChI is InChI=1S/C16H21N3O2/c1-11-8-12(2)21-15(11)16(20)18(3)10-13-4-6-19-7-5-17-14(19)9-13/h5,7-8,13H,4,6,9-10H2,1-3H3/t13-/m0/s1. The van der Waals surface area contributed by atoms with Gasteiger partial charge in [0.1, 0.15) is 11.6 Å². The number of carbonyl (C=O) groups excluding carboxylic acids is 1. The van der Waals surface area contributed by atoms with Crippen LogP contribution in [0.2, 0.25) is 0 Å². The van der Waals surface area contributed by atoms with Gasteiger partial charge in [0.25, 0.3) is 5.91 Å². The summed E-state index contributed by atoms with van der Waals surface area (Å²) < 4.78 is 7.72. The highest BCUT2D eigenvalue weighted by Crippen LogP contribution is 2.21. The van der Waals surface area contributed by atoms with Gasteiger partial charge in [0.05, 0.1) is 0 Å². The molecule has 0 fully saturated rings. The minimum Gasteiger partial charge on any atom is -0.456 e. The van der Waals surface area contributed by atoms with Crippen LogP contribution in [-0.4, -0.2) is 34.0 Å². The molecule has 0 aromatic carbocycles. The fraction of sp³-hybridized carbons (Fsp3) is 0.500. The van der Waals surface area contributed by atoms with Gasteiger partial charge in [-0.3, -0.25) is 4.79 Å². The normalized spacial score (nSPS) is 17.6. The maximum Gasteiger partial charge on any atom is 0.289 e. The van der Waals surface area contributed by atoms with Crippen LogP contribution in [0.15, 0.2) is 22.9 Å². The van der Waals surface area contributed by atoms with Gasteiger partial charge in [0, 0.05) is 44.5 Å². The van der Waals surface area contributed by atoms with Gasteiger partial charge < -0.3 is 13.9 Å². The van der Waals surface area contributed by atoms with Crippen molar-refractivity contribution in [1.82, 2.24) is 14.5 Å². The number of rotatable bonds is 3. The van der Waals surface area contributed by atoms with Crippen molar-refractivity contribution >= 4 is 5.91 Å². The maximum atomic E-state index is 12.5. The number of furan rings is 1. The minimum atomic E-state index is -0.0329. The van der Waals surface area contributed by atoms with Crippen molar-refractivity contribution in [3.8, 4) is 0 Å². The number of aromatic nitrogens is 2. The van der Waals surface area contributed by atoms with Crippen LogP contribution in [0.5, 0.6) is 0 Å². The number of hydrogen-bond donors (Lipinski definition) is 0. The summed E-state index contributed by atoms with van der Waals surface area (Å²) in [4.78, 5) is 18.6. The second kappa shape index (κ2) is 5.39. The molecule has 0 N–H and O–H groups in total. The Morgan fingerprint density at radius 3 is 3.05 bits per heavy atom. The molecule has 0 saturated heterocycles. The zero-order valence-corrected chi connectivity index (χ0v) is 12.8. The van der Waals surface area contributed by atoms with E-state index in [4.69, 9.17) is 4.42 Å². The molecule has 0 saturated carbocycles. The molecule has 0 spiro atoms. The molecule has 1 aliphatic rings.